The maximum absolute atomic E-state index is 12.7. The van der Waals surface area contributed by atoms with E-state index in [4.69, 9.17) is 9.47 Å². The molecule has 0 saturated heterocycles. The Morgan fingerprint density at radius 1 is 0.633 bits per heavy atom. The molecule has 0 saturated carbocycles. The van der Waals surface area contributed by atoms with Crippen LogP contribution in [0.2, 0.25) is 0 Å². The fraction of sp³-hybridized carbons (Fsp3) is 0.167. The Kier molecular flexibility index (Phi) is 7.05. The van der Waals surface area contributed by atoms with Gasteiger partial charge in [-0.25, -0.2) is 0 Å². The van der Waals surface area contributed by atoms with E-state index in [2.05, 4.69) is 10.6 Å². The average Bonchev–Trinajstić information content (AvgIpc) is 2.81. The minimum atomic E-state index is -0.305. The average molecular weight is 404 g/mol. The Bertz CT molecular complexity index is 916. The van der Waals surface area contributed by atoms with Crippen molar-refractivity contribution in [2.24, 2.45) is 0 Å². The number of methoxy groups -OCH3 is 2. The largest absolute Gasteiger partial charge is 0.497 e. The molecule has 0 bridgehead atoms. The van der Waals surface area contributed by atoms with Crippen LogP contribution in [0.25, 0.3) is 0 Å². The van der Waals surface area contributed by atoms with Gasteiger partial charge in [0.15, 0.2) is 0 Å². The number of nitrogens with one attached hydrogen (secondary N) is 2. The van der Waals surface area contributed by atoms with Gasteiger partial charge < -0.3 is 20.1 Å². The Labute approximate surface area is 175 Å². The number of ether oxygens (including phenoxy) is 2. The summed E-state index contributed by atoms with van der Waals surface area (Å²) in [5.74, 6) is 0.898. The highest BCUT2D eigenvalue weighted by molar-refractivity contribution is 6.07. The van der Waals surface area contributed by atoms with Crippen molar-refractivity contribution in [3.63, 3.8) is 0 Å². The molecule has 6 nitrogen and oxygen atoms in total. The van der Waals surface area contributed by atoms with Crippen molar-refractivity contribution < 1.29 is 19.1 Å². The third-order valence-corrected chi connectivity index (χ3v) is 4.64. The first kappa shape index (κ1) is 20.9. The minimum absolute atomic E-state index is 0.305. The third kappa shape index (κ3) is 5.38. The maximum Gasteiger partial charge on any atom is 0.252 e. The molecule has 0 spiro atoms. The van der Waals surface area contributed by atoms with Gasteiger partial charge >= 0.3 is 0 Å². The number of hydrogen-bond acceptors (Lipinski definition) is 4. The second kappa shape index (κ2) is 10.1. The molecule has 154 valence electrons. The number of benzene rings is 3. The highest BCUT2D eigenvalue weighted by Crippen LogP contribution is 2.14. The van der Waals surface area contributed by atoms with Crippen molar-refractivity contribution in [2.45, 2.75) is 13.1 Å². The lowest BCUT2D eigenvalue weighted by Gasteiger charge is -2.11. The highest BCUT2D eigenvalue weighted by atomic mass is 16.5. The summed E-state index contributed by atoms with van der Waals surface area (Å²) in [5.41, 5.74) is 2.53. The molecule has 0 radical (unpaired) electrons. The van der Waals surface area contributed by atoms with E-state index in [1.54, 1.807) is 38.5 Å². The summed E-state index contributed by atoms with van der Waals surface area (Å²) in [6.45, 7) is 0.704. The zero-order chi connectivity index (χ0) is 21.3. The number of carbonyl (C=O) groups excluding carboxylic acids is 2. The van der Waals surface area contributed by atoms with Crippen LogP contribution in [0.4, 0.5) is 0 Å². The van der Waals surface area contributed by atoms with Crippen LogP contribution in [-0.4, -0.2) is 26.0 Å². The van der Waals surface area contributed by atoms with E-state index in [9.17, 15) is 9.59 Å². The maximum atomic E-state index is 12.7. The molecule has 30 heavy (non-hydrogen) atoms. The number of carbonyl (C=O) groups is 2. The molecular formula is C24H24N2O4. The molecule has 0 heterocycles. The molecular weight excluding hydrogens is 380 g/mol. The summed E-state index contributed by atoms with van der Waals surface area (Å²) in [4.78, 5) is 25.4. The second-order valence-electron chi connectivity index (χ2n) is 6.61. The molecule has 0 aromatic heterocycles. The van der Waals surface area contributed by atoms with Crippen molar-refractivity contribution in [1.29, 1.82) is 0 Å². The normalized spacial score (nSPS) is 10.2. The molecule has 2 amide bonds. The van der Waals surface area contributed by atoms with Gasteiger partial charge in [0.25, 0.3) is 11.8 Å². The van der Waals surface area contributed by atoms with E-state index < -0.39 is 0 Å². The van der Waals surface area contributed by atoms with Crippen LogP contribution in [0.3, 0.4) is 0 Å². The van der Waals surface area contributed by atoms with Gasteiger partial charge in [0.2, 0.25) is 0 Å². The first-order valence-corrected chi connectivity index (χ1v) is 9.52. The molecule has 3 rings (SSSR count). The van der Waals surface area contributed by atoms with Crippen molar-refractivity contribution in [1.82, 2.24) is 10.6 Å². The van der Waals surface area contributed by atoms with Crippen molar-refractivity contribution in [3.05, 3.63) is 95.1 Å². The van der Waals surface area contributed by atoms with E-state index in [0.29, 0.717) is 24.2 Å². The van der Waals surface area contributed by atoms with E-state index in [0.717, 1.165) is 22.6 Å². The Morgan fingerprint density at radius 3 is 1.33 bits per heavy atom. The fourth-order valence-electron chi connectivity index (χ4n) is 2.92. The van der Waals surface area contributed by atoms with Crippen LogP contribution in [0.15, 0.2) is 72.8 Å². The van der Waals surface area contributed by atoms with Gasteiger partial charge in [-0.15, -0.1) is 0 Å². The van der Waals surface area contributed by atoms with Crippen LogP contribution < -0.4 is 20.1 Å². The van der Waals surface area contributed by atoms with Crippen molar-refractivity contribution in [2.75, 3.05) is 14.2 Å². The monoisotopic (exact) mass is 404 g/mol. The summed E-state index contributed by atoms with van der Waals surface area (Å²) in [6, 6.07) is 21.6. The molecule has 0 unspecified atom stereocenters. The van der Waals surface area contributed by atoms with Crippen LogP contribution in [0.1, 0.15) is 31.8 Å². The van der Waals surface area contributed by atoms with Gasteiger partial charge in [0.05, 0.1) is 25.3 Å². The Morgan fingerprint density at radius 2 is 1.00 bits per heavy atom. The molecule has 0 aliphatic heterocycles. The van der Waals surface area contributed by atoms with Gasteiger partial charge in [-0.3, -0.25) is 9.59 Å². The van der Waals surface area contributed by atoms with E-state index in [-0.39, 0.29) is 11.8 Å². The quantitative estimate of drug-likeness (QED) is 0.602. The van der Waals surface area contributed by atoms with Crippen LogP contribution >= 0.6 is 0 Å². The van der Waals surface area contributed by atoms with Crippen molar-refractivity contribution in [3.8, 4) is 11.5 Å². The molecule has 2 N–H and O–H groups in total. The molecule has 0 aliphatic rings. The number of rotatable bonds is 8. The molecule has 3 aromatic carbocycles. The summed E-state index contributed by atoms with van der Waals surface area (Å²) in [6.07, 6.45) is 0. The van der Waals surface area contributed by atoms with E-state index >= 15 is 0 Å². The molecule has 3 aromatic rings. The van der Waals surface area contributed by atoms with Gasteiger partial charge in [-0.2, -0.15) is 0 Å². The van der Waals surface area contributed by atoms with Gasteiger partial charge in [-0.1, -0.05) is 36.4 Å². The summed E-state index contributed by atoms with van der Waals surface area (Å²) >= 11 is 0. The predicted octanol–water partition coefficient (Wildman–Crippen LogP) is 3.56. The summed E-state index contributed by atoms with van der Waals surface area (Å²) < 4.78 is 10.3. The lowest BCUT2D eigenvalue weighted by atomic mass is 10.1. The standard InChI is InChI=1S/C24H24N2O4/c1-29-19-11-7-17(8-12-19)15-25-23(27)21-5-3-4-6-22(21)24(28)26-16-18-9-13-20(30-2)14-10-18/h3-14H,15-16H2,1-2H3,(H,25,27)(H,26,28). The lowest BCUT2D eigenvalue weighted by molar-refractivity contribution is 0.0916. The van der Waals surface area contributed by atoms with Gasteiger partial charge in [0, 0.05) is 13.1 Å². The molecule has 0 aliphatic carbocycles. The Balaban J connectivity index is 1.63. The second-order valence-corrected chi connectivity index (χ2v) is 6.61. The minimum Gasteiger partial charge on any atom is -0.497 e. The van der Waals surface area contributed by atoms with Crippen LogP contribution in [0, 0.1) is 0 Å². The summed E-state index contributed by atoms with van der Waals surface area (Å²) in [5, 5.41) is 5.72. The molecule has 0 atom stereocenters. The first-order chi connectivity index (χ1) is 14.6. The van der Waals surface area contributed by atoms with E-state index in [1.165, 1.54) is 0 Å². The number of hydrogen-bond donors (Lipinski definition) is 2. The third-order valence-electron chi connectivity index (χ3n) is 4.64. The van der Waals surface area contributed by atoms with Crippen molar-refractivity contribution >= 4 is 11.8 Å². The topological polar surface area (TPSA) is 76.7 Å². The Hall–Kier alpha value is -3.80. The van der Waals surface area contributed by atoms with Gasteiger partial charge in [0.1, 0.15) is 11.5 Å². The van der Waals surface area contributed by atoms with Gasteiger partial charge in [-0.05, 0) is 47.5 Å². The fourth-order valence-corrected chi connectivity index (χ4v) is 2.92. The zero-order valence-electron chi connectivity index (χ0n) is 17.0. The smallest absolute Gasteiger partial charge is 0.252 e. The van der Waals surface area contributed by atoms with E-state index in [1.807, 2.05) is 48.5 Å². The van der Waals surface area contributed by atoms with Crippen LogP contribution in [0.5, 0.6) is 11.5 Å². The summed E-state index contributed by atoms with van der Waals surface area (Å²) in [7, 11) is 3.21. The lowest BCUT2D eigenvalue weighted by Crippen LogP contribution is -2.29. The number of amides is 2. The highest BCUT2D eigenvalue weighted by Gasteiger charge is 2.16. The SMILES string of the molecule is COc1ccc(CNC(=O)c2ccccc2C(=O)NCc2ccc(OC)cc2)cc1. The zero-order valence-corrected chi connectivity index (χ0v) is 17.0. The predicted molar refractivity (Wildman–Crippen MR) is 115 cm³/mol. The molecule has 6 heteroatoms. The first-order valence-electron chi connectivity index (χ1n) is 9.52. The molecule has 0 fully saturated rings. The van der Waals surface area contributed by atoms with Crippen LogP contribution in [-0.2, 0) is 13.1 Å².